The van der Waals surface area contributed by atoms with Crippen molar-refractivity contribution in [3.05, 3.63) is 107 Å². The molecule has 1 heterocycles. The van der Waals surface area contributed by atoms with Crippen LogP contribution in [0.15, 0.2) is 90.5 Å². The lowest BCUT2D eigenvalue weighted by molar-refractivity contribution is -0.0878. The minimum absolute atomic E-state index is 0.00563. The first kappa shape index (κ1) is 18.3. The van der Waals surface area contributed by atoms with Gasteiger partial charge in [0.05, 0.1) is 16.8 Å². The summed E-state index contributed by atoms with van der Waals surface area (Å²) < 4.78 is 42.4. The van der Waals surface area contributed by atoms with Crippen LogP contribution < -0.4 is 0 Å². The van der Waals surface area contributed by atoms with Gasteiger partial charge in [-0.05, 0) is 11.6 Å². The first-order valence-electron chi connectivity index (χ1n) is 9.37. The lowest BCUT2D eigenvalue weighted by Gasteiger charge is -2.13. The van der Waals surface area contributed by atoms with Crippen LogP contribution in [0.2, 0.25) is 0 Å². The van der Waals surface area contributed by atoms with E-state index in [9.17, 15) is 18.0 Å². The highest BCUT2D eigenvalue weighted by molar-refractivity contribution is 6.28. The van der Waals surface area contributed by atoms with Crippen molar-refractivity contribution in [2.75, 3.05) is 0 Å². The number of hydrogen-bond donors (Lipinski definition) is 0. The Hall–Kier alpha value is -3.73. The Morgan fingerprint density at radius 3 is 1.87 bits per heavy atom. The third-order valence-electron chi connectivity index (χ3n) is 5.24. The summed E-state index contributed by atoms with van der Waals surface area (Å²) >= 11 is 0. The highest BCUT2D eigenvalue weighted by atomic mass is 19.4. The van der Waals surface area contributed by atoms with E-state index < -0.39 is 17.5 Å². The molecule has 30 heavy (non-hydrogen) atoms. The molecule has 5 rings (SSSR count). The molecule has 0 N–H and O–H groups in total. The standard InChI is InChI=1S/C25H14F3NO/c26-25(27,28)22-19(15-9-3-1-4-10-15)20-17-13-7-8-14-18(17)29-23(21(20)24(22)30)16-11-5-2-6-12-16/h1-14H. The number of ketones is 1. The topological polar surface area (TPSA) is 30.0 Å². The number of Topliss-reactive ketones (excluding diaryl/α,β-unsaturated/α-hetero) is 1. The number of allylic oxidation sites excluding steroid dienone is 1. The Morgan fingerprint density at radius 2 is 1.23 bits per heavy atom. The van der Waals surface area contributed by atoms with Crippen LogP contribution in [0.25, 0.3) is 27.7 Å². The van der Waals surface area contributed by atoms with Gasteiger partial charge in [-0.1, -0.05) is 78.9 Å². The molecule has 0 fully saturated rings. The van der Waals surface area contributed by atoms with Crippen LogP contribution >= 0.6 is 0 Å². The first-order chi connectivity index (χ1) is 14.5. The van der Waals surface area contributed by atoms with Crippen molar-refractivity contribution in [3.63, 3.8) is 0 Å². The molecule has 0 spiro atoms. The number of hydrogen-bond acceptors (Lipinski definition) is 2. The molecule has 1 aliphatic rings. The minimum atomic E-state index is -4.80. The van der Waals surface area contributed by atoms with Crippen LogP contribution in [-0.2, 0) is 0 Å². The predicted molar refractivity (Wildman–Crippen MR) is 110 cm³/mol. The lowest BCUT2D eigenvalue weighted by atomic mass is 9.92. The summed E-state index contributed by atoms with van der Waals surface area (Å²) in [7, 11) is 0. The number of carbonyl (C=O) groups excluding carboxylic acids is 1. The van der Waals surface area contributed by atoms with E-state index >= 15 is 0 Å². The summed E-state index contributed by atoms with van der Waals surface area (Å²) in [5, 5.41) is 0.527. The fourth-order valence-corrected chi connectivity index (χ4v) is 4.03. The second-order valence-corrected chi connectivity index (χ2v) is 7.04. The quantitative estimate of drug-likeness (QED) is 0.386. The zero-order valence-corrected chi connectivity index (χ0v) is 15.6. The summed E-state index contributed by atoms with van der Waals surface area (Å²) in [6.07, 6.45) is -4.80. The van der Waals surface area contributed by atoms with Gasteiger partial charge in [-0.25, -0.2) is 4.98 Å². The van der Waals surface area contributed by atoms with E-state index in [1.807, 2.05) is 0 Å². The molecule has 1 aliphatic carbocycles. The van der Waals surface area contributed by atoms with E-state index in [1.54, 1.807) is 84.9 Å². The number of halogens is 3. The summed E-state index contributed by atoms with van der Waals surface area (Å²) in [4.78, 5) is 17.8. The van der Waals surface area contributed by atoms with E-state index in [0.717, 1.165) is 0 Å². The fraction of sp³-hybridized carbons (Fsp3) is 0.0400. The van der Waals surface area contributed by atoms with Gasteiger partial charge in [-0.2, -0.15) is 13.2 Å². The summed E-state index contributed by atoms with van der Waals surface area (Å²) in [6.45, 7) is 0. The molecule has 0 unspecified atom stereocenters. The molecule has 1 aromatic heterocycles. The number of rotatable bonds is 2. The Morgan fingerprint density at radius 1 is 0.667 bits per heavy atom. The minimum Gasteiger partial charge on any atom is -0.288 e. The van der Waals surface area contributed by atoms with Crippen molar-refractivity contribution in [2.24, 2.45) is 0 Å². The predicted octanol–water partition coefficient (Wildman–Crippen LogP) is 6.46. The van der Waals surface area contributed by atoms with Gasteiger partial charge in [0.2, 0.25) is 5.78 Å². The van der Waals surface area contributed by atoms with Crippen LogP contribution in [0.3, 0.4) is 0 Å². The number of benzene rings is 3. The van der Waals surface area contributed by atoms with Crippen LogP contribution in [0.1, 0.15) is 21.5 Å². The molecule has 0 radical (unpaired) electrons. The van der Waals surface area contributed by atoms with Crippen molar-refractivity contribution < 1.29 is 18.0 Å². The average molecular weight is 401 g/mol. The molecule has 0 aliphatic heterocycles. The van der Waals surface area contributed by atoms with E-state index in [-0.39, 0.29) is 16.8 Å². The van der Waals surface area contributed by atoms with Crippen LogP contribution in [0, 0.1) is 0 Å². The van der Waals surface area contributed by atoms with Gasteiger partial charge in [-0.3, -0.25) is 4.79 Å². The zero-order valence-electron chi connectivity index (χ0n) is 15.6. The van der Waals surface area contributed by atoms with E-state index in [1.165, 1.54) is 0 Å². The maximum atomic E-state index is 14.1. The van der Waals surface area contributed by atoms with Crippen molar-refractivity contribution in [2.45, 2.75) is 6.18 Å². The molecular weight excluding hydrogens is 387 g/mol. The zero-order chi connectivity index (χ0) is 20.9. The fourth-order valence-electron chi connectivity index (χ4n) is 4.03. The molecule has 3 aromatic carbocycles. The molecule has 146 valence electrons. The molecular formula is C25H14F3NO. The third kappa shape index (κ3) is 2.74. The van der Waals surface area contributed by atoms with Crippen molar-refractivity contribution >= 4 is 22.3 Å². The maximum Gasteiger partial charge on any atom is 0.420 e. The van der Waals surface area contributed by atoms with Gasteiger partial charge in [0.15, 0.2) is 0 Å². The summed E-state index contributed by atoms with van der Waals surface area (Å²) in [6, 6.07) is 24.1. The largest absolute Gasteiger partial charge is 0.420 e. The molecule has 0 saturated carbocycles. The van der Waals surface area contributed by atoms with Gasteiger partial charge in [0, 0.05) is 22.1 Å². The molecule has 2 nitrogen and oxygen atoms in total. The third-order valence-corrected chi connectivity index (χ3v) is 5.24. The molecule has 4 aromatic rings. The van der Waals surface area contributed by atoms with Gasteiger partial charge in [0.1, 0.15) is 5.57 Å². The average Bonchev–Trinajstić information content (AvgIpc) is 3.08. The van der Waals surface area contributed by atoms with Gasteiger partial charge in [-0.15, -0.1) is 0 Å². The van der Waals surface area contributed by atoms with Crippen LogP contribution in [0.4, 0.5) is 13.2 Å². The molecule has 0 atom stereocenters. The number of nitrogens with zero attached hydrogens (tertiary/aromatic N) is 1. The lowest BCUT2D eigenvalue weighted by Crippen LogP contribution is -2.19. The number of aromatic nitrogens is 1. The molecule has 5 heteroatoms. The van der Waals surface area contributed by atoms with Gasteiger partial charge in [0.25, 0.3) is 0 Å². The van der Waals surface area contributed by atoms with E-state index in [2.05, 4.69) is 4.98 Å². The molecule has 0 amide bonds. The first-order valence-corrected chi connectivity index (χ1v) is 9.37. The number of fused-ring (bicyclic) bond motifs is 3. The Bertz CT molecular complexity index is 1320. The normalized spacial score (nSPS) is 13.8. The monoisotopic (exact) mass is 401 g/mol. The van der Waals surface area contributed by atoms with Crippen molar-refractivity contribution in [1.29, 1.82) is 0 Å². The summed E-state index contributed by atoms with van der Waals surface area (Å²) in [5.41, 5.74) is 0.838. The number of pyridine rings is 1. The molecule has 0 saturated heterocycles. The highest BCUT2D eigenvalue weighted by Crippen LogP contribution is 2.49. The Balaban J connectivity index is 1.96. The summed E-state index contributed by atoms with van der Waals surface area (Å²) in [5.74, 6) is -1.03. The Kier molecular flexibility index (Phi) is 4.07. The number of para-hydroxylation sites is 1. The number of carbonyl (C=O) groups is 1. The van der Waals surface area contributed by atoms with E-state index in [4.69, 9.17) is 0 Å². The Labute approximate surface area is 170 Å². The van der Waals surface area contributed by atoms with Crippen molar-refractivity contribution in [1.82, 2.24) is 4.98 Å². The van der Waals surface area contributed by atoms with Gasteiger partial charge < -0.3 is 0 Å². The maximum absolute atomic E-state index is 14.1. The number of alkyl halides is 3. The SMILES string of the molecule is O=C1C(C(F)(F)F)=C(c2ccccc2)c2c1c(-c1ccccc1)nc1ccccc21. The molecule has 0 bridgehead atoms. The second kappa shape index (κ2) is 6.66. The second-order valence-electron chi connectivity index (χ2n) is 7.04. The highest BCUT2D eigenvalue weighted by Gasteiger charge is 2.48. The smallest absolute Gasteiger partial charge is 0.288 e. The van der Waals surface area contributed by atoms with Crippen LogP contribution in [-0.4, -0.2) is 16.9 Å². The van der Waals surface area contributed by atoms with Gasteiger partial charge >= 0.3 is 6.18 Å². The van der Waals surface area contributed by atoms with Crippen molar-refractivity contribution in [3.8, 4) is 11.3 Å². The van der Waals surface area contributed by atoms with E-state index in [0.29, 0.717) is 27.6 Å². The van der Waals surface area contributed by atoms with Crippen LogP contribution in [0.5, 0.6) is 0 Å².